The Morgan fingerprint density at radius 2 is 1.75 bits per heavy atom. The Labute approximate surface area is 171 Å². The molecule has 1 saturated carbocycles. The Hall–Kier alpha value is -2.11. The van der Waals surface area contributed by atoms with Crippen LogP contribution in [0.15, 0.2) is 48.5 Å². The van der Waals surface area contributed by atoms with Crippen molar-refractivity contribution in [3.8, 4) is 16.7 Å². The molecule has 0 N–H and O–H groups in total. The van der Waals surface area contributed by atoms with Gasteiger partial charge in [0.05, 0.1) is 10.2 Å². The molecule has 1 aliphatic rings. The average Bonchev–Trinajstić information content (AvgIpc) is 3.15. The molecular weight excluding hydrogens is 368 g/mol. The lowest BCUT2D eigenvalue weighted by atomic mass is 9.94. The fourth-order valence-electron chi connectivity index (χ4n) is 3.93. The van der Waals surface area contributed by atoms with Crippen molar-refractivity contribution in [2.45, 2.75) is 45.1 Å². The molecule has 1 fully saturated rings. The van der Waals surface area contributed by atoms with E-state index in [1.807, 2.05) is 42.5 Å². The minimum Gasteiger partial charge on any atom is -0.492 e. The van der Waals surface area contributed by atoms with Gasteiger partial charge in [0.15, 0.2) is 0 Å². The third-order valence-electron chi connectivity index (χ3n) is 5.45. The quantitative estimate of drug-likeness (QED) is 0.459. The second kappa shape index (κ2) is 9.39. The van der Waals surface area contributed by atoms with Crippen LogP contribution in [0.2, 0.25) is 0 Å². The molecule has 4 nitrogen and oxygen atoms in total. The molecule has 0 radical (unpaired) electrons. The highest BCUT2D eigenvalue weighted by molar-refractivity contribution is 7.20. The molecule has 0 atom stereocenters. The number of fused-ring (bicyclic) bond motifs is 1. The molecule has 0 bridgehead atoms. The molecule has 148 valence electrons. The topological polar surface area (TPSA) is 34.6 Å². The summed E-state index contributed by atoms with van der Waals surface area (Å²) >= 11 is 1.56. The number of benzene rings is 2. The van der Waals surface area contributed by atoms with Gasteiger partial charge in [0.2, 0.25) is 0 Å². The molecule has 1 aromatic heterocycles. The molecule has 0 aliphatic heterocycles. The van der Waals surface area contributed by atoms with Crippen molar-refractivity contribution in [1.29, 1.82) is 0 Å². The van der Waals surface area contributed by atoms with Gasteiger partial charge in [-0.2, -0.15) is 0 Å². The van der Waals surface area contributed by atoms with Gasteiger partial charge in [0.1, 0.15) is 18.1 Å². The maximum Gasteiger partial charge on any atom is 0.279 e. The van der Waals surface area contributed by atoms with Crippen LogP contribution in [0.5, 0.6) is 16.7 Å². The maximum absolute atomic E-state index is 5.97. The first kappa shape index (κ1) is 19.2. The van der Waals surface area contributed by atoms with Crippen LogP contribution in [0, 0.1) is 0 Å². The van der Waals surface area contributed by atoms with Crippen LogP contribution in [0.1, 0.15) is 39.0 Å². The van der Waals surface area contributed by atoms with E-state index < -0.39 is 0 Å². The normalized spacial score (nSPS) is 15.2. The van der Waals surface area contributed by atoms with E-state index in [9.17, 15) is 0 Å². The highest BCUT2D eigenvalue weighted by Gasteiger charge is 2.19. The zero-order valence-corrected chi connectivity index (χ0v) is 17.3. The van der Waals surface area contributed by atoms with E-state index in [0.29, 0.717) is 5.19 Å². The largest absolute Gasteiger partial charge is 0.492 e. The summed E-state index contributed by atoms with van der Waals surface area (Å²) in [5, 5.41) is 0.668. The highest BCUT2D eigenvalue weighted by Crippen LogP contribution is 2.31. The van der Waals surface area contributed by atoms with Crippen LogP contribution in [0.25, 0.3) is 10.2 Å². The van der Waals surface area contributed by atoms with Gasteiger partial charge < -0.3 is 9.47 Å². The molecule has 0 spiro atoms. The molecule has 2 aromatic carbocycles. The predicted octanol–water partition coefficient (Wildman–Crippen LogP) is 6.12. The Morgan fingerprint density at radius 3 is 2.50 bits per heavy atom. The van der Waals surface area contributed by atoms with Crippen LogP contribution >= 0.6 is 11.3 Å². The van der Waals surface area contributed by atoms with E-state index in [1.54, 1.807) is 11.3 Å². The molecule has 0 saturated heterocycles. The molecule has 4 rings (SSSR count). The Bertz CT molecular complexity index is 839. The molecule has 0 unspecified atom stereocenters. The lowest BCUT2D eigenvalue weighted by molar-refractivity contribution is 0.137. The number of rotatable bonds is 8. The van der Waals surface area contributed by atoms with E-state index in [0.717, 1.165) is 47.5 Å². The molecule has 3 aromatic rings. The summed E-state index contributed by atoms with van der Waals surface area (Å²) in [6.45, 7) is 5.07. The molecule has 1 aliphatic carbocycles. The van der Waals surface area contributed by atoms with Gasteiger partial charge in [-0.05, 0) is 55.8 Å². The van der Waals surface area contributed by atoms with Crippen molar-refractivity contribution in [1.82, 2.24) is 9.88 Å². The molecule has 28 heavy (non-hydrogen) atoms. The number of hydrogen-bond acceptors (Lipinski definition) is 5. The standard InChI is InChI=1S/C23H28N2O2S/c1-2-25(18-8-4-3-5-9-18)16-17-26-19-12-14-20(15-13-19)27-23-24-21-10-6-7-11-22(21)28-23/h6-7,10-15,18H,2-5,8-9,16-17H2,1H3. The molecule has 5 heteroatoms. The minimum atomic E-state index is 0.668. The highest BCUT2D eigenvalue weighted by atomic mass is 32.1. The zero-order valence-electron chi connectivity index (χ0n) is 16.5. The number of hydrogen-bond donors (Lipinski definition) is 0. The van der Waals surface area contributed by atoms with Crippen LogP contribution in [0.4, 0.5) is 0 Å². The number of thiazole rings is 1. The van der Waals surface area contributed by atoms with Crippen molar-refractivity contribution >= 4 is 21.6 Å². The summed E-state index contributed by atoms with van der Waals surface area (Å²) in [4.78, 5) is 7.09. The van der Waals surface area contributed by atoms with Crippen molar-refractivity contribution in [2.75, 3.05) is 19.7 Å². The fourth-order valence-corrected chi connectivity index (χ4v) is 4.76. The number of nitrogens with zero attached hydrogens (tertiary/aromatic N) is 2. The number of aromatic nitrogens is 1. The molecular formula is C23H28N2O2S. The van der Waals surface area contributed by atoms with Crippen LogP contribution in [0.3, 0.4) is 0 Å². The van der Waals surface area contributed by atoms with Gasteiger partial charge in [0, 0.05) is 12.6 Å². The van der Waals surface area contributed by atoms with Crippen LogP contribution in [-0.2, 0) is 0 Å². The first-order valence-electron chi connectivity index (χ1n) is 10.3. The summed E-state index contributed by atoms with van der Waals surface area (Å²) in [6, 6.07) is 16.6. The van der Waals surface area contributed by atoms with Gasteiger partial charge in [-0.15, -0.1) is 0 Å². The Kier molecular flexibility index (Phi) is 6.45. The van der Waals surface area contributed by atoms with E-state index in [2.05, 4.69) is 22.9 Å². The minimum absolute atomic E-state index is 0.668. The zero-order chi connectivity index (χ0) is 19.2. The van der Waals surface area contributed by atoms with Crippen LogP contribution < -0.4 is 9.47 Å². The van der Waals surface area contributed by atoms with Crippen LogP contribution in [-0.4, -0.2) is 35.6 Å². The number of ether oxygens (including phenoxy) is 2. The first-order chi connectivity index (χ1) is 13.8. The second-order valence-corrected chi connectivity index (χ2v) is 8.28. The van der Waals surface area contributed by atoms with Crippen molar-refractivity contribution in [3.63, 3.8) is 0 Å². The summed E-state index contributed by atoms with van der Waals surface area (Å²) in [7, 11) is 0. The summed E-state index contributed by atoms with van der Waals surface area (Å²) in [6.07, 6.45) is 6.82. The summed E-state index contributed by atoms with van der Waals surface area (Å²) in [5.41, 5.74) is 0.973. The van der Waals surface area contributed by atoms with Gasteiger partial charge in [-0.3, -0.25) is 4.90 Å². The first-order valence-corrected chi connectivity index (χ1v) is 11.1. The van der Waals surface area contributed by atoms with Gasteiger partial charge in [-0.25, -0.2) is 4.98 Å². The molecule has 1 heterocycles. The third-order valence-corrected chi connectivity index (χ3v) is 6.36. The summed E-state index contributed by atoms with van der Waals surface area (Å²) < 4.78 is 13.0. The van der Waals surface area contributed by atoms with Gasteiger partial charge in [0.25, 0.3) is 5.19 Å². The smallest absolute Gasteiger partial charge is 0.279 e. The number of para-hydroxylation sites is 1. The van der Waals surface area contributed by atoms with E-state index in [-0.39, 0.29) is 0 Å². The van der Waals surface area contributed by atoms with Crippen molar-refractivity contribution in [3.05, 3.63) is 48.5 Å². The van der Waals surface area contributed by atoms with E-state index in [1.165, 1.54) is 32.1 Å². The Balaban J connectivity index is 1.28. The maximum atomic E-state index is 5.97. The third kappa shape index (κ3) is 4.83. The SMILES string of the molecule is CCN(CCOc1ccc(Oc2nc3ccccc3s2)cc1)C1CCCCC1. The van der Waals surface area contributed by atoms with E-state index >= 15 is 0 Å². The van der Waals surface area contributed by atoms with Gasteiger partial charge >= 0.3 is 0 Å². The number of likely N-dealkylation sites (N-methyl/N-ethyl adjacent to an activating group) is 1. The predicted molar refractivity (Wildman–Crippen MR) is 116 cm³/mol. The lowest BCUT2D eigenvalue weighted by Gasteiger charge is -2.33. The van der Waals surface area contributed by atoms with Gasteiger partial charge in [-0.1, -0.05) is 49.7 Å². The molecule has 0 amide bonds. The fraction of sp³-hybridized carbons (Fsp3) is 0.435. The average molecular weight is 397 g/mol. The monoisotopic (exact) mass is 396 g/mol. The lowest BCUT2D eigenvalue weighted by Crippen LogP contribution is -2.39. The second-order valence-electron chi connectivity index (χ2n) is 7.29. The Morgan fingerprint density at radius 1 is 1.00 bits per heavy atom. The van der Waals surface area contributed by atoms with Crippen molar-refractivity contribution in [2.24, 2.45) is 0 Å². The van der Waals surface area contributed by atoms with E-state index in [4.69, 9.17) is 9.47 Å². The summed E-state index contributed by atoms with van der Waals surface area (Å²) in [5.74, 6) is 1.67. The van der Waals surface area contributed by atoms with Crippen molar-refractivity contribution < 1.29 is 9.47 Å².